The summed E-state index contributed by atoms with van der Waals surface area (Å²) in [6, 6.07) is 12.3. The number of hydrogen-bond donors (Lipinski definition) is 1. The van der Waals surface area contributed by atoms with E-state index in [1.807, 2.05) is 12.1 Å². The summed E-state index contributed by atoms with van der Waals surface area (Å²) in [6.45, 7) is -0.130. The van der Waals surface area contributed by atoms with E-state index in [1.165, 1.54) is 6.21 Å². The van der Waals surface area contributed by atoms with E-state index in [9.17, 15) is 4.79 Å². The van der Waals surface area contributed by atoms with Crippen LogP contribution < -0.4 is 10.2 Å². The third-order valence-electron chi connectivity index (χ3n) is 2.51. The lowest BCUT2D eigenvalue weighted by atomic mass is 10.2. The summed E-state index contributed by atoms with van der Waals surface area (Å²) in [5.41, 5.74) is 3.09. The molecule has 0 saturated heterocycles. The number of hydrogen-bond acceptors (Lipinski definition) is 3. The van der Waals surface area contributed by atoms with Crippen molar-refractivity contribution in [2.45, 2.75) is 0 Å². The molecule has 0 aliphatic carbocycles. The van der Waals surface area contributed by atoms with Gasteiger partial charge in [0.2, 0.25) is 0 Å². The number of halogens is 3. The Balaban J connectivity index is 1.82. The van der Waals surface area contributed by atoms with Crippen LogP contribution in [0, 0.1) is 0 Å². The number of benzene rings is 2. The molecular weight excluding hydrogens is 391 g/mol. The predicted octanol–water partition coefficient (Wildman–Crippen LogP) is 4.29. The van der Waals surface area contributed by atoms with E-state index >= 15 is 0 Å². The first-order chi connectivity index (χ1) is 10.5. The van der Waals surface area contributed by atoms with Crippen molar-refractivity contribution in [3.05, 3.63) is 62.5 Å². The molecule has 0 bridgehead atoms. The largest absolute Gasteiger partial charge is 0.484 e. The van der Waals surface area contributed by atoms with Crippen molar-refractivity contribution in [2.75, 3.05) is 6.61 Å². The Bertz CT molecular complexity index is 708. The Morgan fingerprint density at radius 2 is 2.05 bits per heavy atom. The fraction of sp³-hybridized carbons (Fsp3) is 0.0667. The first kappa shape index (κ1) is 16.8. The maximum Gasteiger partial charge on any atom is 0.277 e. The summed E-state index contributed by atoms with van der Waals surface area (Å²) in [7, 11) is 0. The predicted molar refractivity (Wildman–Crippen MR) is 91.8 cm³/mol. The van der Waals surface area contributed by atoms with Gasteiger partial charge >= 0.3 is 0 Å². The second-order valence-electron chi connectivity index (χ2n) is 4.21. The second-order valence-corrected chi connectivity index (χ2v) is 5.94. The van der Waals surface area contributed by atoms with Gasteiger partial charge in [-0.25, -0.2) is 5.43 Å². The zero-order valence-corrected chi connectivity index (χ0v) is 14.3. The molecule has 22 heavy (non-hydrogen) atoms. The van der Waals surface area contributed by atoms with E-state index in [0.717, 1.165) is 10.0 Å². The lowest BCUT2D eigenvalue weighted by molar-refractivity contribution is -0.123. The molecule has 0 heterocycles. The molecule has 4 nitrogen and oxygen atoms in total. The summed E-state index contributed by atoms with van der Waals surface area (Å²) < 4.78 is 6.21. The number of nitrogens with zero attached hydrogens (tertiary/aromatic N) is 1. The SMILES string of the molecule is O=C(COc1cccc(Br)c1)N/N=C\c1ccc(Cl)c(Cl)c1. The second kappa shape index (κ2) is 8.17. The van der Waals surface area contributed by atoms with Crippen molar-refractivity contribution in [2.24, 2.45) is 5.10 Å². The van der Waals surface area contributed by atoms with Crippen LogP contribution in [-0.2, 0) is 4.79 Å². The topological polar surface area (TPSA) is 50.7 Å². The molecule has 114 valence electrons. The van der Waals surface area contributed by atoms with Gasteiger partial charge < -0.3 is 4.74 Å². The quantitative estimate of drug-likeness (QED) is 0.600. The molecule has 7 heteroatoms. The Morgan fingerprint density at radius 1 is 1.23 bits per heavy atom. The minimum atomic E-state index is -0.365. The summed E-state index contributed by atoms with van der Waals surface area (Å²) in [4.78, 5) is 11.6. The van der Waals surface area contributed by atoms with E-state index in [-0.39, 0.29) is 12.5 Å². The zero-order valence-electron chi connectivity index (χ0n) is 11.2. The first-order valence-corrected chi connectivity index (χ1v) is 7.75. The number of ether oxygens (including phenoxy) is 1. The van der Waals surface area contributed by atoms with Gasteiger partial charge in [0.25, 0.3) is 5.91 Å². The molecule has 0 aliphatic heterocycles. The third-order valence-corrected chi connectivity index (χ3v) is 3.74. The van der Waals surface area contributed by atoms with Gasteiger partial charge in [-0.05, 0) is 35.9 Å². The molecule has 0 unspecified atom stereocenters. The van der Waals surface area contributed by atoms with E-state index in [2.05, 4.69) is 26.5 Å². The van der Waals surface area contributed by atoms with Gasteiger partial charge in [0.15, 0.2) is 6.61 Å². The molecule has 2 aromatic rings. The van der Waals surface area contributed by atoms with Crippen LogP contribution in [0.5, 0.6) is 5.75 Å². The Hall–Kier alpha value is -1.56. The molecular formula is C15H11BrCl2N2O2. The highest BCUT2D eigenvalue weighted by molar-refractivity contribution is 9.10. The minimum Gasteiger partial charge on any atom is -0.484 e. The average molecular weight is 402 g/mol. The summed E-state index contributed by atoms with van der Waals surface area (Å²) in [6.07, 6.45) is 1.47. The maximum absolute atomic E-state index is 11.6. The lowest BCUT2D eigenvalue weighted by Gasteiger charge is -2.05. The van der Waals surface area contributed by atoms with E-state index in [4.69, 9.17) is 27.9 Å². The Morgan fingerprint density at radius 3 is 2.77 bits per heavy atom. The van der Waals surface area contributed by atoms with Crippen LogP contribution in [-0.4, -0.2) is 18.7 Å². The van der Waals surface area contributed by atoms with Gasteiger partial charge in [0.05, 0.1) is 16.3 Å². The highest BCUT2D eigenvalue weighted by atomic mass is 79.9. The Kier molecular flexibility index (Phi) is 6.24. The van der Waals surface area contributed by atoms with Crippen LogP contribution in [0.2, 0.25) is 10.0 Å². The van der Waals surface area contributed by atoms with Gasteiger partial charge in [-0.2, -0.15) is 5.10 Å². The van der Waals surface area contributed by atoms with Crippen molar-refractivity contribution < 1.29 is 9.53 Å². The maximum atomic E-state index is 11.6. The zero-order chi connectivity index (χ0) is 15.9. The third kappa shape index (κ3) is 5.33. The fourth-order valence-electron chi connectivity index (χ4n) is 1.51. The van der Waals surface area contributed by atoms with Crippen LogP contribution >= 0.6 is 39.1 Å². The molecule has 0 fully saturated rings. The normalized spacial score (nSPS) is 10.7. The van der Waals surface area contributed by atoms with Crippen molar-refractivity contribution >= 4 is 51.3 Å². The fourth-order valence-corrected chi connectivity index (χ4v) is 2.19. The molecule has 0 aliphatic rings. The van der Waals surface area contributed by atoms with Crippen molar-refractivity contribution in [1.82, 2.24) is 5.43 Å². The molecule has 0 atom stereocenters. The number of carbonyl (C=O) groups excluding carboxylic acids is 1. The minimum absolute atomic E-state index is 0.130. The van der Waals surface area contributed by atoms with Crippen molar-refractivity contribution in [3.8, 4) is 5.75 Å². The van der Waals surface area contributed by atoms with E-state index in [1.54, 1.807) is 30.3 Å². The number of amides is 1. The first-order valence-electron chi connectivity index (χ1n) is 6.20. The van der Waals surface area contributed by atoms with Gasteiger partial charge in [0.1, 0.15) is 5.75 Å². The van der Waals surface area contributed by atoms with Crippen LogP contribution in [0.25, 0.3) is 0 Å². The number of nitrogens with one attached hydrogen (secondary N) is 1. The van der Waals surface area contributed by atoms with Crippen molar-refractivity contribution in [3.63, 3.8) is 0 Å². The number of carbonyl (C=O) groups is 1. The standard InChI is InChI=1S/C15H11BrCl2N2O2/c16-11-2-1-3-12(7-11)22-9-15(21)20-19-8-10-4-5-13(17)14(18)6-10/h1-8H,9H2,(H,20,21)/b19-8-. The van der Waals surface area contributed by atoms with Crippen LogP contribution in [0.1, 0.15) is 5.56 Å². The molecule has 2 rings (SSSR count). The number of hydrazone groups is 1. The average Bonchev–Trinajstić information content (AvgIpc) is 2.49. The van der Waals surface area contributed by atoms with Crippen molar-refractivity contribution in [1.29, 1.82) is 0 Å². The molecule has 0 aromatic heterocycles. The molecule has 1 N–H and O–H groups in total. The number of rotatable bonds is 5. The smallest absolute Gasteiger partial charge is 0.277 e. The van der Waals surface area contributed by atoms with Gasteiger partial charge in [-0.3, -0.25) is 4.79 Å². The van der Waals surface area contributed by atoms with Gasteiger partial charge in [-0.15, -0.1) is 0 Å². The highest BCUT2D eigenvalue weighted by Crippen LogP contribution is 2.21. The van der Waals surface area contributed by atoms with E-state index < -0.39 is 0 Å². The summed E-state index contributed by atoms with van der Waals surface area (Å²) in [5, 5.41) is 4.72. The van der Waals surface area contributed by atoms with Crippen LogP contribution in [0.4, 0.5) is 0 Å². The van der Waals surface area contributed by atoms with E-state index in [0.29, 0.717) is 15.8 Å². The molecule has 2 aromatic carbocycles. The van der Waals surface area contributed by atoms with Crippen LogP contribution in [0.3, 0.4) is 0 Å². The molecule has 0 saturated carbocycles. The molecule has 0 radical (unpaired) electrons. The van der Waals surface area contributed by atoms with Crippen LogP contribution in [0.15, 0.2) is 52.0 Å². The monoisotopic (exact) mass is 400 g/mol. The Labute approximate surface area is 146 Å². The molecule has 1 amide bonds. The summed E-state index contributed by atoms with van der Waals surface area (Å²) >= 11 is 15.0. The van der Waals surface area contributed by atoms with Gasteiger partial charge in [-0.1, -0.05) is 51.3 Å². The summed E-state index contributed by atoms with van der Waals surface area (Å²) in [5.74, 6) is 0.231. The lowest BCUT2D eigenvalue weighted by Crippen LogP contribution is -2.24. The highest BCUT2D eigenvalue weighted by Gasteiger charge is 2.02. The molecule has 0 spiro atoms. The van der Waals surface area contributed by atoms with Gasteiger partial charge in [0, 0.05) is 4.47 Å².